The van der Waals surface area contributed by atoms with Crippen LogP contribution in [-0.2, 0) is 6.42 Å². The zero-order valence-corrected chi connectivity index (χ0v) is 13.8. The van der Waals surface area contributed by atoms with Crippen LogP contribution in [0.2, 0.25) is 0 Å². The molecule has 3 heteroatoms. The van der Waals surface area contributed by atoms with Crippen LogP contribution in [0.15, 0.2) is 46.3 Å². The summed E-state index contributed by atoms with van der Waals surface area (Å²) in [5.41, 5.74) is 1.40. The Morgan fingerprint density at radius 1 is 1.21 bits per heavy atom. The predicted octanol–water partition coefficient (Wildman–Crippen LogP) is 4.83. The van der Waals surface area contributed by atoms with E-state index < -0.39 is 0 Å². The second-order valence-electron chi connectivity index (χ2n) is 4.76. The molecule has 19 heavy (non-hydrogen) atoms. The second-order valence-corrected chi connectivity index (χ2v) is 6.61. The number of nitrogens with one attached hydrogen (secondary N) is 1. The summed E-state index contributed by atoms with van der Waals surface area (Å²) in [6.07, 6.45) is 1.07. The van der Waals surface area contributed by atoms with Crippen LogP contribution < -0.4 is 5.32 Å². The van der Waals surface area contributed by atoms with Gasteiger partial charge in [-0.1, -0.05) is 44.2 Å². The first-order valence-corrected chi connectivity index (χ1v) is 8.39. The molecular weight excluding hydrogens is 318 g/mol. The minimum absolute atomic E-state index is 0.474. The number of hydrogen-bond donors (Lipinski definition) is 1. The first-order valence-electron chi connectivity index (χ1n) is 6.72. The standard InChI is InChI=1S/C16H20BrNS/c1-3-18-15(11-16-14(17)9-10-19-16)12(2)13-7-5-4-6-8-13/h4-10,12,15,18H,3,11H2,1-2H3. The number of halogens is 1. The van der Waals surface area contributed by atoms with Gasteiger partial charge in [-0.15, -0.1) is 11.3 Å². The molecule has 0 saturated carbocycles. The van der Waals surface area contributed by atoms with Crippen LogP contribution in [0.4, 0.5) is 0 Å². The minimum atomic E-state index is 0.474. The molecule has 0 amide bonds. The number of hydrogen-bond acceptors (Lipinski definition) is 2. The maximum atomic E-state index is 3.63. The first-order chi connectivity index (χ1) is 9.22. The molecule has 2 atom stereocenters. The summed E-state index contributed by atoms with van der Waals surface area (Å²) in [5, 5.41) is 5.78. The Kier molecular flexibility index (Phi) is 5.61. The second kappa shape index (κ2) is 7.22. The van der Waals surface area contributed by atoms with E-state index in [0.29, 0.717) is 12.0 Å². The Hall–Kier alpha value is -0.640. The van der Waals surface area contributed by atoms with Crippen molar-refractivity contribution in [3.8, 4) is 0 Å². The summed E-state index contributed by atoms with van der Waals surface area (Å²) >= 11 is 5.46. The van der Waals surface area contributed by atoms with Crippen molar-refractivity contribution in [2.24, 2.45) is 0 Å². The monoisotopic (exact) mass is 337 g/mol. The zero-order chi connectivity index (χ0) is 13.7. The van der Waals surface area contributed by atoms with E-state index in [9.17, 15) is 0 Å². The fraction of sp³-hybridized carbons (Fsp3) is 0.375. The molecule has 0 aliphatic carbocycles. The summed E-state index contributed by atoms with van der Waals surface area (Å²) in [6.45, 7) is 5.49. The van der Waals surface area contributed by atoms with Gasteiger partial charge in [-0.05, 0) is 51.8 Å². The van der Waals surface area contributed by atoms with Crippen LogP contribution in [0.25, 0.3) is 0 Å². The van der Waals surface area contributed by atoms with Gasteiger partial charge in [0.15, 0.2) is 0 Å². The SMILES string of the molecule is CCNC(Cc1sccc1Br)C(C)c1ccccc1. The smallest absolute Gasteiger partial charge is 0.0314 e. The van der Waals surface area contributed by atoms with E-state index in [1.165, 1.54) is 14.9 Å². The third kappa shape index (κ3) is 3.91. The van der Waals surface area contributed by atoms with E-state index in [4.69, 9.17) is 0 Å². The Morgan fingerprint density at radius 3 is 2.53 bits per heavy atom. The maximum Gasteiger partial charge on any atom is 0.0314 e. The maximum absolute atomic E-state index is 3.63. The van der Waals surface area contributed by atoms with Crippen LogP contribution in [0, 0.1) is 0 Å². The van der Waals surface area contributed by atoms with Gasteiger partial charge in [-0.3, -0.25) is 0 Å². The van der Waals surface area contributed by atoms with Crippen LogP contribution in [0.1, 0.15) is 30.2 Å². The minimum Gasteiger partial charge on any atom is -0.313 e. The predicted molar refractivity (Wildman–Crippen MR) is 88.0 cm³/mol. The summed E-state index contributed by atoms with van der Waals surface area (Å²) in [6, 6.07) is 13.4. The topological polar surface area (TPSA) is 12.0 Å². The van der Waals surface area contributed by atoms with E-state index in [0.717, 1.165) is 13.0 Å². The summed E-state index contributed by atoms with van der Waals surface area (Å²) in [5.74, 6) is 0.509. The highest BCUT2D eigenvalue weighted by molar-refractivity contribution is 9.10. The molecule has 1 aromatic carbocycles. The van der Waals surface area contributed by atoms with Gasteiger partial charge < -0.3 is 5.32 Å². The number of rotatable bonds is 6. The highest BCUT2D eigenvalue weighted by Crippen LogP contribution is 2.28. The Morgan fingerprint density at radius 2 is 1.95 bits per heavy atom. The molecule has 0 bridgehead atoms. The number of likely N-dealkylation sites (N-methyl/N-ethyl adjacent to an activating group) is 1. The lowest BCUT2D eigenvalue weighted by Crippen LogP contribution is -2.35. The van der Waals surface area contributed by atoms with E-state index in [2.05, 4.69) is 76.9 Å². The zero-order valence-electron chi connectivity index (χ0n) is 11.4. The molecule has 2 rings (SSSR count). The van der Waals surface area contributed by atoms with Crippen LogP contribution in [0.3, 0.4) is 0 Å². The van der Waals surface area contributed by atoms with Gasteiger partial charge in [-0.25, -0.2) is 0 Å². The Balaban J connectivity index is 2.13. The normalized spacial score (nSPS) is 14.3. The van der Waals surface area contributed by atoms with Gasteiger partial charge in [0.1, 0.15) is 0 Å². The molecule has 0 aliphatic heterocycles. The van der Waals surface area contributed by atoms with E-state index in [-0.39, 0.29) is 0 Å². The molecule has 1 N–H and O–H groups in total. The van der Waals surface area contributed by atoms with Gasteiger partial charge in [0.25, 0.3) is 0 Å². The molecule has 0 aliphatic rings. The lowest BCUT2D eigenvalue weighted by Gasteiger charge is -2.25. The molecule has 102 valence electrons. The van der Waals surface area contributed by atoms with Crippen molar-refractivity contribution < 1.29 is 0 Å². The molecule has 1 nitrogen and oxygen atoms in total. The fourth-order valence-corrected chi connectivity index (χ4v) is 3.92. The van der Waals surface area contributed by atoms with Crippen molar-refractivity contribution in [1.82, 2.24) is 5.32 Å². The Labute approximate surface area is 128 Å². The number of thiophene rings is 1. The van der Waals surface area contributed by atoms with E-state index in [1.807, 2.05) is 11.3 Å². The third-order valence-electron chi connectivity index (χ3n) is 3.49. The van der Waals surface area contributed by atoms with Crippen molar-refractivity contribution in [3.05, 3.63) is 56.7 Å². The number of benzene rings is 1. The molecule has 2 unspecified atom stereocenters. The van der Waals surface area contributed by atoms with Crippen molar-refractivity contribution in [2.45, 2.75) is 32.2 Å². The molecule has 0 saturated heterocycles. The van der Waals surface area contributed by atoms with Crippen molar-refractivity contribution in [3.63, 3.8) is 0 Å². The van der Waals surface area contributed by atoms with Crippen molar-refractivity contribution in [1.29, 1.82) is 0 Å². The van der Waals surface area contributed by atoms with Crippen molar-refractivity contribution >= 4 is 27.3 Å². The van der Waals surface area contributed by atoms with Gasteiger partial charge in [-0.2, -0.15) is 0 Å². The largest absolute Gasteiger partial charge is 0.313 e. The molecule has 1 aromatic heterocycles. The van der Waals surface area contributed by atoms with Crippen LogP contribution in [0.5, 0.6) is 0 Å². The molecular formula is C16H20BrNS. The van der Waals surface area contributed by atoms with Crippen LogP contribution in [-0.4, -0.2) is 12.6 Å². The summed E-state index contributed by atoms with van der Waals surface area (Å²) in [7, 11) is 0. The molecule has 0 spiro atoms. The average molecular weight is 338 g/mol. The molecule has 0 radical (unpaired) electrons. The summed E-state index contributed by atoms with van der Waals surface area (Å²) < 4.78 is 1.24. The molecule has 2 aromatic rings. The lowest BCUT2D eigenvalue weighted by molar-refractivity contribution is 0.460. The summed E-state index contributed by atoms with van der Waals surface area (Å²) in [4.78, 5) is 1.42. The lowest BCUT2D eigenvalue weighted by atomic mass is 9.91. The Bertz CT molecular complexity index is 494. The highest BCUT2D eigenvalue weighted by atomic mass is 79.9. The van der Waals surface area contributed by atoms with Gasteiger partial charge >= 0.3 is 0 Å². The van der Waals surface area contributed by atoms with E-state index >= 15 is 0 Å². The van der Waals surface area contributed by atoms with Gasteiger partial charge in [0.2, 0.25) is 0 Å². The highest BCUT2D eigenvalue weighted by Gasteiger charge is 2.19. The molecule has 1 heterocycles. The molecule has 0 fully saturated rings. The van der Waals surface area contributed by atoms with Gasteiger partial charge in [0.05, 0.1) is 0 Å². The van der Waals surface area contributed by atoms with E-state index in [1.54, 1.807) is 0 Å². The quantitative estimate of drug-likeness (QED) is 0.795. The van der Waals surface area contributed by atoms with Crippen molar-refractivity contribution in [2.75, 3.05) is 6.54 Å². The van der Waals surface area contributed by atoms with Crippen LogP contribution >= 0.6 is 27.3 Å². The first kappa shape index (κ1) is 14.8. The average Bonchev–Trinajstić information content (AvgIpc) is 2.84. The third-order valence-corrected chi connectivity index (χ3v) is 5.44. The fourth-order valence-electron chi connectivity index (χ4n) is 2.35. The van der Waals surface area contributed by atoms with Gasteiger partial charge in [0, 0.05) is 15.4 Å².